The molecule has 4 aromatic carbocycles. The summed E-state index contributed by atoms with van der Waals surface area (Å²) < 4.78 is 11.1. The van der Waals surface area contributed by atoms with Crippen molar-refractivity contribution in [2.45, 2.75) is 13.1 Å². The summed E-state index contributed by atoms with van der Waals surface area (Å²) in [5, 5.41) is 7.35. The van der Waals surface area contributed by atoms with Gasteiger partial charge in [-0.1, -0.05) is 48.5 Å². The van der Waals surface area contributed by atoms with Crippen LogP contribution in [0.5, 0.6) is 11.5 Å². The Labute approximate surface area is 188 Å². The zero-order valence-corrected chi connectivity index (χ0v) is 18.3. The normalized spacial score (nSPS) is 12.3. The highest BCUT2D eigenvalue weighted by molar-refractivity contribution is 5.86. The monoisotopic (exact) mass is 422 g/mol. The molecule has 0 bridgehead atoms. The summed E-state index contributed by atoms with van der Waals surface area (Å²) in [6.45, 7) is 1.39. The van der Waals surface area contributed by atoms with Gasteiger partial charge in [-0.15, -0.1) is 0 Å². The lowest BCUT2D eigenvalue weighted by molar-refractivity contribution is 0.414. The molecule has 4 aromatic rings. The topological polar surface area (TPSA) is 42.5 Å². The SMILES string of the molecule is COc1ccc2c(c1)-c1cc(OC)ccc1CNc1ccccc1-c1ccccc1NC2. The van der Waals surface area contributed by atoms with Crippen molar-refractivity contribution in [1.82, 2.24) is 0 Å². The first-order valence-electron chi connectivity index (χ1n) is 10.8. The average molecular weight is 423 g/mol. The van der Waals surface area contributed by atoms with Crippen molar-refractivity contribution in [2.24, 2.45) is 0 Å². The van der Waals surface area contributed by atoms with Crippen molar-refractivity contribution in [1.29, 1.82) is 0 Å². The molecule has 32 heavy (non-hydrogen) atoms. The van der Waals surface area contributed by atoms with E-state index in [0.29, 0.717) is 13.1 Å². The van der Waals surface area contributed by atoms with E-state index in [-0.39, 0.29) is 0 Å². The summed E-state index contributed by atoms with van der Waals surface area (Å²) in [7, 11) is 3.41. The number of hydrogen-bond donors (Lipinski definition) is 2. The molecule has 0 aromatic heterocycles. The van der Waals surface area contributed by atoms with Gasteiger partial charge < -0.3 is 20.1 Å². The van der Waals surface area contributed by atoms with Crippen molar-refractivity contribution < 1.29 is 9.47 Å². The van der Waals surface area contributed by atoms with Gasteiger partial charge in [-0.25, -0.2) is 0 Å². The molecule has 0 spiro atoms. The van der Waals surface area contributed by atoms with Gasteiger partial charge in [-0.2, -0.15) is 0 Å². The van der Waals surface area contributed by atoms with Gasteiger partial charge in [0, 0.05) is 35.6 Å². The molecule has 1 heterocycles. The highest BCUT2D eigenvalue weighted by Gasteiger charge is 2.16. The molecular formula is C28H26N2O2. The molecule has 0 fully saturated rings. The number of para-hydroxylation sites is 2. The van der Waals surface area contributed by atoms with E-state index in [1.807, 2.05) is 12.1 Å². The smallest absolute Gasteiger partial charge is 0.119 e. The summed E-state index contributed by atoms with van der Waals surface area (Å²) in [6, 6.07) is 29.5. The maximum absolute atomic E-state index is 5.56. The van der Waals surface area contributed by atoms with Crippen LogP contribution in [0.1, 0.15) is 11.1 Å². The molecule has 1 aliphatic heterocycles. The van der Waals surface area contributed by atoms with Gasteiger partial charge in [0.15, 0.2) is 0 Å². The minimum Gasteiger partial charge on any atom is -0.497 e. The number of hydrogen-bond acceptors (Lipinski definition) is 4. The van der Waals surface area contributed by atoms with Gasteiger partial charge in [0.25, 0.3) is 0 Å². The fraction of sp³-hybridized carbons (Fsp3) is 0.143. The van der Waals surface area contributed by atoms with Crippen LogP contribution < -0.4 is 20.1 Å². The van der Waals surface area contributed by atoms with Gasteiger partial charge >= 0.3 is 0 Å². The summed E-state index contributed by atoms with van der Waals surface area (Å²) in [6.07, 6.45) is 0. The number of benzene rings is 4. The first-order chi connectivity index (χ1) is 15.8. The third-order valence-corrected chi connectivity index (χ3v) is 6.01. The lowest BCUT2D eigenvalue weighted by Gasteiger charge is -2.21. The molecule has 0 amide bonds. The zero-order chi connectivity index (χ0) is 21.9. The van der Waals surface area contributed by atoms with Crippen LogP contribution in [0, 0.1) is 0 Å². The van der Waals surface area contributed by atoms with Crippen LogP contribution in [-0.4, -0.2) is 14.2 Å². The molecule has 0 saturated heterocycles. The molecule has 0 atom stereocenters. The quantitative estimate of drug-likeness (QED) is 0.383. The average Bonchev–Trinajstić information content (AvgIpc) is 2.86. The highest BCUT2D eigenvalue weighted by Crippen LogP contribution is 2.38. The molecule has 0 unspecified atom stereocenters. The molecule has 5 rings (SSSR count). The van der Waals surface area contributed by atoms with E-state index < -0.39 is 0 Å². The highest BCUT2D eigenvalue weighted by atomic mass is 16.5. The van der Waals surface area contributed by atoms with Gasteiger partial charge in [0.05, 0.1) is 14.2 Å². The first kappa shape index (κ1) is 20.0. The molecule has 0 aliphatic carbocycles. The molecule has 0 saturated carbocycles. The molecule has 4 nitrogen and oxygen atoms in total. The van der Waals surface area contributed by atoms with Crippen LogP contribution in [0.25, 0.3) is 22.3 Å². The maximum Gasteiger partial charge on any atom is 0.119 e. The summed E-state index contributed by atoms with van der Waals surface area (Å²) in [4.78, 5) is 0. The fourth-order valence-electron chi connectivity index (χ4n) is 4.30. The van der Waals surface area contributed by atoms with E-state index in [9.17, 15) is 0 Å². The fourth-order valence-corrected chi connectivity index (χ4v) is 4.30. The standard InChI is InChI=1S/C28H26N2O2/c1-31-21-13-11-19-17-29-27-9-5-3-7-23(27)24-8-4-6-10-28(24)30-18-20-12-14-22(32-2)16-26(20)25(19)15-21/h3-16,29-30H,17-18H2,1-2H3. The van der Waals surface area contributed by atoms with Gasteiger partial charge in [0.2, 0.25) is 0 Å². The third kappa shape index (κ3) is 3.76. The van der Waals surface area contributed by atoms with Crippen LogP contribution in [-0.2, 0) is 13.1 Å². The van der Waals surface area contributed by atoms with E-state index in [1.54, 1.807) is 14.2 Å². The Balaban J connectivity index is 1.71. The van der Waals surface area contributed by atoms with Crippen molar-refractivity contribution in [3.63, 3.8) is 0 Å². The molecule has 2 N–H and O–H groups in total. The number of ether oxygens (including phenoxy) is 2. The molecule has 160 valence electrons. The van der Waals surface area contributed by atoms with Crippen molar-refractivity contribution in [3.8, 4) is 33.8 Å². The van der Waals surface area contributed by atoms with Gasteiger partial charge in [-0.05, 0) is 58.7 Å². The van der Waals surface area contributed by atoms with Crippen LogP contribution in [0.4, 0.5) is 11.4 Å². The Bertz CT molecular complexity index is 1170. The van der Waals surface area contributed by atoms with Gasteiger partial charge in [0.1, 0.15) is 11.5 Å². The van der Waals surface area contributed by atoms with E-state index >= 15 is 0 Å². The molecular weight excluding hydrogens is 396 g/mol. The summed E-state index contributed by atoms with van der Waals surface area (Å²) in [5.74, 6) is 1.67. The number of anilines is 2. The number of rotatable bonds is 2. The Morgan fingerprint density at radius 1 is 0.531 bits per heavy atom. The number of fused-ring (bicyclic) bond motifs is 6. The van der Waals surface area contributed by atoms with Crippen molar-refractivity contribution in [2.75, 3.05) is 24.9 Å². The number of nitrogens with one attached hydrogen (secondary N) is 2. The van der Waals surface area contributed by atoms with Crippen LogP contribution >= 0.6 is 0 Å². The Morgan fingerprint density at radius 3 is 1.41 bits per heavy atom. The second kappa shape index (κ2) is 8.67. The Hall–Kier alpha value is -3.92. The summed E-state index contributed by atoms with van der Waals surface area (Å²) >= 11 is 0. The van der Waals surface area contributed by atoms with E-state index in [1.165, 1.54) is 22.3 Å². The van der Waals surface area contributed by atoms with E-state index in [2.05, 4.69) is 83.4 Å². The predicted octanol–water partition coefficient (Wildman–Crippen LogP) is 6.58. The molecule has 4 heteroatoms. The maximum atomic E-state index is 5.56. The second-order valence-corrected chi connectivity index (χ2v) is 7.84. The Morgan fingerprint density at radius 2 is 0.969 bits per heavy atom. The van der Waals surface area contributed by atoms with Crippen LogP contribution in [0.3, 0.4) is 0 Å². The Kier molecular flexibility index (Phi) is 5.42. The lowest BCUT2D eigenvalue weighted by atomic mass is 9.93. The third-order valence-electron chi connectivity index (χ3n) is 6.01. The lowest BCUT2D eigenvalue weighted by Crippen LogP contribution is -2.08. The largest absolute Gasteiger partial charge is 0.497 e. The van der Waals surface area contributed by atoms with Crippen LogP contribution in [0.2, 0.25) is 0 Å². The summed E-state index contributed by atoms with van der Waals surface area (Å²) in [5.41, 5.74) is 9.25. The zero-order valence-electron chi connectivity index (χ0n) is 18.3. The van der Waals surface area contributed by atoms with Gasteiger partial charge in [-0.3, -0.25) is 0 Å². The van der Waals surface area contributed by atoms with Crippen molar-refractivity contribution in [3.05, 3.63) is 96.1 Å². The molecule has 0 radical (unpaired) electrons. The number of methoxy groups -OCH3 is 2. The van der Waals surface area contributed by atoms with E-state index in [4.69, 9.17) is 9.47 Å². The van der Waals surface area contributed by atoms with Crippen LogP contribution in [0.15, 0.2) is 84.9 Å². The minimum absolute atomic E-state index is 0.697. The molecule has 1 aliphatic rings. The van der Waals surface area contributed by atoms with Crippen molar-refractivity contribution >= 4 is 11.4 Å². The van der Waals surface area contributed by atoms with E-state index in [0.717, 1.165) is 34.0 Å². The minimum atomic E-state index is 0.697. The second-order valence-electron chi connectivity index (χ2n) is 7.84. The predicted molar refractivity (Wildman–Crippen MR) is 132 cm³/mol. The first-order valence-corrected chi connectivity index (χ1v) is 10.8.